The Hall–Kier alpha value is -2.49. The molecule has 1 heterocycles. The van der Waals surface area contributed by atoms with E-state index in [1.165, 1.54) is 43.4 Å². The van der Waals surface area contributed by atoms with Crippen LogP contribution in [0.5, 0.6) is 0 Å². The number of ketones is 1. The summed E-state index contributed by atoms with van der Waals surface area (Å²) in [6.45, 7) is 11.8. The third kappa shape index (κ3) is 9.45. The second-order valence-electron chi connectivity index (χ2n) is 7.66. The molecule has 4 nitrogen and oxygen atoms in total. The molecule has 0 aliphatic heterocycles. The topological polar surface area (TPSA) is 59.1 Å². The van der Waals surface area contributed by atoms with Gasteiger partial charge in [0.25, 0.3) is 0 Å². The molecule has 1 saturated carbocycles. The van der Waals surface area contributed by atoms with Crippen LogP contribution >= 0.6 is 0 Å². The minimum atomic E-state index is -0.166. The first-order valence-corrected chi connectivity index (χ1v) is 9.93. The number of aromatic nitrogens is 1. The fourth-order valence-corrected chi connectivity index (χ4v) is 2.56. The highest BCUT2D eigenvalue weighted by atomic mass is 16.2. The Kier molecular flexibility index (Phi) is 10.1. The zero-order valence-electron chi connectivity index (χ0n) is 18.1. The molecule has 1 amide bonds. The van der Waals surface area contributed by atoms with Gasteiger partial charge in [0, 0.05) is 18.7 Å². The van der Waals surface area contributed by atoms with Crippen molar-refractivity contribution in [3.05, 3.63) is 53.7 Å². The van der Waals surface area contributed by atoms with Crippen LogP contribution in [0.2, 0.25) is 0 Å². The van der Waals surface area contributed by atoms with Gasteiger partial charge in [0.2, 0.25) is 5.91 Å². The van der Waals surface area contributed by atoms with Gasteiger partial charge in [-0.25, -0.2) is 0 Å². The first-order valence-electron chi connectivity index (χ1n) is 9.93. The number of carbonyl (C=O) groups excluding carboxylic acids is 2. The highest BCUT2D eigenvalue weighted by molar-refractivity contribution is 5.83. The highest BCUT2D eigenvalue weighted by Crippen LogP contribution is 2.35. The number of Topliss-reactive ketones (excluding diaryl/α,β-unsaturated/α-hetero) is 1. The molecule has 3 rings (SSSR count). The lowest BCUT2D eigenvalue weighted by molar-refractivity contribution is -0.123. The Morgan fingerprint density at radius 3 is 2.14 bits per heavy atom. The van der Waals surface area contributed by atoms with Crippen LogP contribution in [0.1, 0.15) is 51.7 Å². The number of nitrogens with one attached hydrogen (secondary N) is 1. The summed E-state index contributed by atoms with van der Waals surface area (Å²) in [6.07, 6.45) is 4.83. The monoisotopic (exact) mass is 382 g/mol. The van der Waals surface area contributed by atoms with E-state index in [4.69, 9.17) is 0 Å². The number of hydrogen-bond donors (Lipinski definition) is 1. The van der Waals surface area contributed by atoms with E-state index >= 15 is 0 Å². The number of amides is 1. The average Bonchev–Trinajstić information content (AvgIpc) is 3.49. The summed E-state index contributed by atoms with van der Waals surface area (Å²) in [6, 6.07) is 12.3. The maximum atomic E-state index is 10.1. The van der Waals surface area contributed by atoms with Crippen LogP contribution in [0.15, 0.2) is 42.6 Å². The van der Waals surface area contributed by atoms with E-state index in [9.17, 15) is 9.59 Å². The molecule has 0 saturated heterocycles. The summed E-state index contributed by atoms with van der Waals surface area (Å²) < 4.78 is 0. The van der Waals surface area contributed by atoms with Gasteiger partial charge < -0.3 is 5.32 Å². The summed E-state index contributed by atoms with van der Waals surface area (Å²) in [5, 5.41) is 2.36. The van der Waals surface area contributed by atoms with Crippen molar-refractivity contribution >= 4 is 11.7 Å². The molecule has 1 aliphatic rings. The van der Waals surface area contributed by atoms with Crippen LogP contribution < -0.4 is 5.32 Å². The number of hydrogen-bond acceptors (Lipinski definition) is 3. The van der Waals surface area contributed by atoms with Gasteiger partial charge in [0.15, 0.2) is 0 Å². The fraction of sp³-hybridized carbons (Fsp3) is 0.458. The summed E-state index contributed by atoms with van der Waals surface area (Å²) in [5.74, 6) is 1.87. The number of rotatable bonds is 4. The normalized spacial score (nSPS) is 12.2. The molecule has 0 unspecified atom stereocenters. The van der Waals surface area contributed by atoms with E-state index in [1.54, 1.807) is 0 Å². The van der Waals surface area contributed by atoms with E-state index in [1.807, 2.05) is 24.4 Å². The molecule has 28 heavy (non-hydrogen) atoms. The van der Waals surface area contributed by atoms with Gasteiger partial charge in [0.05, 0.1) is 12.2 Å². The van der Waals surface area contributed by atoms with Crippen LogP contribution in [0.25, 0.3) is 11.3 Å². The number of pyridine rings is 1. The molecule has 1 aromatic carbocycles. The first kappa shape index (κ1) is 23.5. The van der Waals surface area contributed by atoms with Gasteiger partial charge >= 0.3 is 0 Å². The lowest BCUT2D eigenvalue weighted by atomic mass is 10.0. The summed E-state index contributed by atoms with van der Waals surface area (Å²) >= 11 is 0. The standard InChI is InChI=1S/C13H13N.C6H12.C5H9NO2/c1-10-6-5-7-12(11(10)2)13-8-3-4-9-14-13;1-5(2)6-3-4-6;1-4(7)3-6-5(2)8/h3-9H,1-2H3;5-6H,3-4H2,1-2H3;3H2,1-2H3,(H,6,8). The number of benzene rings is 1. The summed E-state index contributed by atoms with van der Waals surface area (Å²) in [5.41, 5.74) is 4.90. The zero-order chi connectivity index (χ0) is 21.1. The molecule has 4 heteroatoms. The Labute approximate surface area is 169 Å². The summed E-state index contributed by atoms with van der Waals surface area (Å²) in [4.78, 5) is 24.6. The number of aryl methyl sites for hydroxylation is 1. The third-order valence-corrected chi connectivity index (χ3v) is 4.70. The van der Waals surface area contributed by atoms with Crippen molar-refractivity contribution in [1.82, 2.24) is 10.3 Å². The van der Waals surface area contributed by atoms with Crippen molar-refractivity contribution in [3.8, 4) is 11.3 Å². The van der Waals surface area contributed by atoms with Gasteiger partial charge in [-0.3, -0.25) is 14.6 Å². The number of carbonyl (C=O) groups is 2. The predicted octanol–water partition coefficient (Wildman–Crippen LogP) is 5.13. The van der Waals surface area contributed by atoms with E-state index in [0.29, 0.717) is 0 Å². The predicted molar refractivity (Wildman–Crippen MR) is 116 cm³/mol. The van der Waals surface area contributed by atoms with E-state index in [2.05, 4.69) is 56.2 Å². The van der Waals surface area contributed by atoms with Crippen molar-refractivity contribution in [2.75, 3.05) is 6.54 Å². The van der Waals surface area contributed by atoms with E-state index in [-0.39, 0.29) is 18.2 Å². The van der Waals surface area contributed by atoms with E-state index in [0.717, 1.165) is 17.5 Å². The lowest BCUT2D eigenvalue weighted by Gasteiger charge is -2.06. The fourth-order valence-electron chi connectivity index (χ4n) is 2.56. The largest absolute Gasteiger partial charge is 0.349 e. The Balaban J connectivity index is 0.000000237. The van der Waals surface area contributed by atoms with Gasteiger partial charge in [-0.15, -0.1) is 0 Å². The van der Waals surface area contributed by atoms with Crippen molar-refractivity contribution in [3.63, 3.8) is 0 Å². The Morgan fingerprint density at radius 2 is 1.75 bits per heavy atom. The second-order valence-corrected chi connectivity index (χ2v) is 7.66. The quantitative estimate of drug-likeness (QED) is 0.797. The molecule has 1 aliphatic carbocycles. The minimum absolute atomic E-state index is 0.0276. The molecule has 0 bridgehead atoms. The minimum Gasteiger partial charge on any atom is -0.349 e. The maximum Gasteiger partial charge on any atom is 0.217 e. The molecule has 1 N–H and O–H groups in total. The zero-order valence-corrected chi connectivity index (χ0v) is 18.1. The molecule has 0 atom stereocenters. The Morgan fingerprint density at radius 1 is 1.07 bits per heavy atom. The van der Waals surface area contributed by atoms with Crippen molar-refractivity contribution < 1.29 is 9.59 Å². The molecule has 0 spiro atoms. The third-order valence-electron chi connectivity index (χ3n) is 4.70. The SMILES string of the molecule is CC(=O)CNC(C)=O.CC(C)C1CC1.Cc1cccc(-c2ccccn2)c1C. The van der Waals surface area contributed by atoms with Gasteiger partial charge in [-0.05, 0) is 68.7 Å². The molecule has 152 valence electrons. The lowest BCUT2D eigenvalue weighted by Crippen LogP contribution is -2.25. The smallest absolute Gasteiger partial charge is 0.217 e. The van der Waals surface area contributed by atoms with Crippen LogP contribution in [0, 0.1) is 25.7 Å². The van der Waals surface area contributed by atoms with Crippen LogP contribution in [0.4, 0.5) is 0 Å². The van der Waals surface area contributed by atoms with Crippen LogP contribution in [-0.2, 0) is 9.59 Å². The molecular weight excluding hydrogens is 348 g/mol. The second kappa shape index (κ2) is 12.1. The average molecular weight is 383 g/mol. The molecular formula is C24H34N2O2. The highest BCUT2D eigenvalue weighted by Gasteiger charge is 2.23. The Bertz CT molecular complexity index is 736. The first-order chi connectivity index (χ1) is 13.2. The molecule has 2 aromatic rings. The van der Waals surface area contributed by atoms with Crippen LogP contribution in [0.3, 0.4) is 0 Å². The van der Waals surface area contributed by atoms with E-state index < -0.39 is 0 Å². The molecule has 1 aromatic heterocycles. The molecule has 1 fully saturated rings. The van der Waals surface area contributed by atoms with Crippen molar-refractivity contribution in [2.24, 2.45) is 11.8 Å². The summed E-state index contributed by atoms with van der Waals surface area (Å²) in [7, 11) is 0. The van der Waals surface area contributed by atoms with Gasteiger partial charge in [-0.2, -0.15) is 0 Å². The molecule has 0 radical (unpaired) electrons. The van der Waals surface area contributed by atoms with Crippen molar-refractivity contribution in [2.45, 2.75) is 54.4 Å². The maximum absolute atomic E-state index is 10.1. The van der Waals surface area contributed by atoms with Gasteiger partial charge in [-0.1, -0.05) is 38.1 Å². The van der Waals surface area contributed by atoms with Gasteiger partial charge in [0.1, 0.15) is 5.78 Å². The van der Waals surface area contributed by atoms with Crippen molar-refractivity contribution in [1.29, 1.82) is 0 Å². The number of nitrogens with zero attached hydrogens (tertiary/aromatic N) is 1. The van der Waals surface area contributed by atoms with Crippen LogP contribution in [-0.4, -0.2) is 23.2 Å².